The molecular formula is C18H16N2O3. The Labute approximate surface area is 133 Å². The number of hydrogen-bond acceptors (Lipinski definition) is 4. The minimum atomic E-state index is -0.938. The van der Waals surface area contributed by atoms with E-state index in [1.54, 1.807) is 30.5 Å². The molecule has 0 aliphatic rings. The van der Waals surface area contributed by atoms with Crippen molar-refractivity contribution in [3.05, 3.63) is 60.3 Å². The van der Waals surface area contributed by atoms with E-state index < -0.39 is 5.97 Å². The number of carbonyl (C=O) groups is 1. The van der Waals surface area contributed by atoms with Crippen molar-refractivity contribution in [2.45, 2.75) is 6.92 Å². The number of pyridine rings is 1. The second kappa shape index (κ2) is 6.36. The van der Waals surface area contributed by atoms with E-state index in [0.29, 0.717) is 6.61 Å². The van der Waals surface area contributed by atoms with Crippen molar-refractivity contribution in [1.82, 2.24) is 4.98 Å². The summed E-state index contributed by atoms with van der Waals surface area (Å²) in [6, 6.07) is 14.2. The highest BCUT2D eigenvalue weighted by atomic mass is 16.5. The number of carboxylic acids is 1. The van der Waals surface area contributed by atoms with E-state index in [0.717, 1.165) is 28.0 Å². The Kier molecular flexibility index (Phi) is 4.10. The predicted molar refractivity (Wildman–Crippen MR) is 89.6 cm³/mol. The molecule has 0 radical (unpaired) electrons. The van der Waals surface area contributed by atoms with Gasteiger partial charge >= 0.3 is 5.97 Å². The van der Waals surface area contributed by atoms with Gasteiger partial charge in [-0.1, -0.05) is 0 Å². The topological polar surface area (TPSA) is 71.5 Å². The van der Waals surface area contributed by atoms with E-state index in [4.69, 9.17) is 9.84 Å². The average Bonchev–Trinajstić information content (AvgIpc) is 2.56. The number of anilines is 2. The zero-order valence-corrected chi connectivity index (χ0v) is 12.6. The number of aromatic nitrogens is 1. The molecule has 0 saturated carbocycles. The standard InChI is InChI=1S/C18H16N2O3/c1-2-23-14-7-8-16-15(11-14)17(9-10-19-16)20-13-5-3-12(4-6-13)18(21)22/h3-11H,2H2,1H3,(H,19,20)(H,21,22). The number of hydrogen-bond donors (Lipinski definition) is 2. The Morgan fingerprint density at radius 3 is 2.65 bits per heavy atom. The van der Waals surface area contributed by atoms with Gasteiger partial charge in [0.15, 0.2) is 0 Å². The third-order valence-corrected chi connectivity index (χ3v) is 3.43. The lowest BCUT2D eigenvalue weighted by Crippen LogP contribution is -1.97. The summed E-state index contributed by atoms with van der Waals surface area (Å²) in [5.41, 5.74) is 2.82. The van der Waals surface area contributed by atoms with Gasteiger partial charge in [0.2, 0.25) is 0 Å². The Morgan fingerprint density at radius 1 is 1.17 bits per heavy atom. The first-order valence-corrected chi connectivity index (χ1v) is 7.29. The monoisotopic (exact) mass is 308 g/mol. The lowest BCUT2D eigenvalue weighted by molar-refractivity contribution is 0.0697. The van der Waals surface area contributed by atoms with Crippen LogP contribution in [0, 0.1) is 0 Å². The molecule has 0 aliphatic carbocycles. The summed E-state index contributed by atoms with van der Waals surface area (Å²) in [5.74, 6) is -0.149. The Hall–Kier alpha value is -3.08. The molecule has 0 spiro atoms. The van der Waals surface area contributed by atoms with Crippen molar-refractivity contribution in [3.8, 4) is 5.75 Å². The molecule has 5 nitrogen and oxygen atoms in total. The minimum Gasteiger partial charge on any atom is -0.494 e. The Bertz CT molecular complexity index is 845. The maximum Gasteiger partial charge on any atom is 0.335 e. The van der Waals surface area contributed by atoms with Crippen molar-refractivity contribution in [2.75, 3.05) is 11.9 Å². The van der Waals surface area contributed by atoms with Crippen LogP contribution in [0.4, 0.5) is 11.4 Å². The van der Waals surface area contributed by atoms with Gasteiger partial charge in [-0.15, -0.1) is 0 Å². The highest BCUT2D eigenvalue weighted by Gasteiger charge is 2.06. The lowest BCUT2D eigenvalue weighted by atomic mass is 10.1. The zero-order valence-electron chi connectivity index (χ0n) is 12.6. The van der Waals surface area contributed by atoms with Gasteiger partial charge in [0, 0.05) is 23.0 Å². The van der Waals surface area contributed by atoms with E-state index >= 15 is 0 Å². The van der Waals surface area contributed by atoms with Gasteiger partial charge in [0.1, 0.15) is 5.75 Å². The number of rotatable bonds is 5. The first-order chi connectivity index (χ1) is 11.2. The molecule has 0 saturated heterocycles. The third kappa shape index (κ3) is 3.23. The van der Waals surface area contributed by atoms with Gasteiger partial charge < -0.3 is 15.2 Å². The van der Waals surface area contributed by atoms with Crippen LogP contribution in [0.2, 0.25) is 0 Å². The molecule has 0 atom stereocenters. The van der Waals surface area contributed by atoms with Crippen LogP contribution in [0.3, 0.4) is 0 Å². The van der Waals surface area contributed by atoms with Gasteiger partial charge in [-0.2, -0.15) is 0 Å². The largest absolute Gasteiger partial charge is 0.494 e. The van der Waals surface area contributed by atoms with Gasteiger partial charge in [0.05, 0.1) is 17.7 Å². The van der Waals surface area contributed by atoms with Crippen molar-refractivity contribution in [2.24, 2.45) is 0 Å². The van der Waals surface area contributed by atoms with Gasteiger partial charge in [0.25, 0.3) is 0 Å². The van der Waals surface area contributed by atoms with Crippen LogP contribution >= 0.6 is 0 Å². The van der Waals surface area contributed by atoms with Crippen LogP contribution in [0.25, 0.3) is 10.9 Å². The molecule has 1 aromatic heterocycles. The van der Waals surface area contributed by atoms with Gasteiger partial charge in [-0.3, -0.25) is 4.98 Å². The average molecular weight is 308 g/mol. The SMILES string of the molecule is CCOc1ccc2nccc(Nc3ccc(C(=O)O)cc3)c2c1. The van der Waals surface area contributed by atoms with Gasteiger partial charge in [-0.05, 0) is 55.5 Å². The number of nitrogens with zero attached hydrogens (tertiary/aromatic N) is 1. The summed E-state index contributed by atoms with van der Waals surface area (Å²) in [5, 5.41) is 13.2. The quantitative estimate of drug-likeness (QED) is 0.743. The molecule has 2 N–H and O–H groups in total. The molecule has 3 rings (SSSR count). The number of nitrogens with one attached hydrogen (secondary N) is 1. The number of aromatic carboxylic acids is 1. The smallest absolute Gasteiger partial charge is 0.335 e. The van der Waals surface area contributed by atoms with Crippen molar-refractivity contribution >= 4 is 28.2 Å². The fourth-order valence-corrected chi connectivity index (χ4v) is 2.34. The second-order valence-corrected chi connectivity index (χ2v) is 4.98. The highest BCUT2D eigenvalue weighted by molar-refractivity contribution is 5.94. The van der Waals surface area contributed by atoms with Crippen LogP contribution in [0.1, 0.15) is 17.3 Å². The summed E-state index contributed by atoms with van der Waals surface area (Å²) in [6.07, 6.45) is 1.73. The van der Waals surface area contributed by atoms with E-state index in [-0.39, 0.29) is 5.56 Å². The van der Waals surface area contributed by atoms with E-state index in [2.05, 4.69) is 10.3 Å². The lowest BCUT2D eigenvalue weighted by Gasteiger charge is -2.11. The number of ether oxygens (including phenoxy) is 1. The maximum absolute atomic E-state index is 10.9. The molecule has 5 heteroatoms. The van der Waals surface area contributed by atoms with Crippen LogP contribution in [-0.2, 0) is 0 Å². The molecule has 23 heavy (non-hydrogen) atoms. The maximum atomic E-state index is 10.9. The fourth-order valence-electron chi connectivity index (χ4n) is 2.34. The summed E-state index contributed by atoms with van der Waals surface area (Å²) in [4.78, 5) is 15.3. The predicted octanol–water partition coefficient (Wildman–Crippen LogP) is 4.08. The normalized spacial score (nSPS) is 10.5. The molecule has 0 amide bonds. The third-order valence-electron chi connectivity index (χ3n) is 3.43. The van der Waals surface area contributed by atoms with Crippen LogP contribution < -0.4 is 10.1 Å². The number of fused-ring (bicyclic) bond motifs is 1. The summed E-state index contributed by atoms with van der Waals surface area (Å²) >= 11 is 0. The van der Waals surface area contributed by atoms with Crippen LogP contribution in [0.5, 0.6) is 5.75 Å². The molecule has 1 heterocycles. The molecule has 3 aromatic rings. The molecule has 0 aliphatic heterocycles. The van der Waals surface area contributed by atoms with E-state index in [1.165, 1.54) is 0 Å². The molecule has 0 fully saturated rings. The summed E-state index contributed by atoms with van der Waals surface area (Å²) in [7, 11) is 0. The molecule has 0 bridgehead atoms. The Balaban J connectivity index is 1.95. The minimum absolute atomic E-state index is 0.258. The first kappa shape index (κ1) is 14.8. The molecule has 2 aromatic carbocycles. The first-order valence-electron chi connectivity index (χ1n) is 7.29. The molecule has 0 unspecified atom stereocenters. The molecule has 116 valence electrons. The van der Waals surface area contributed by atoms with Crippen molar-refractivity contribution in [1.29, 1.82) is 0 Å². The zero-order chi connectivity index (χ0) is 16.2. The van der Waals surface area contributed by atoms with Gasteiger partial charge in [-0.25, -0.2) is 4.79 Å². The summed E-state index contributed by atoms with van der Waals surface area (Å²) < 4.78 is 5.54. The van der Waals surface area contributed by atoms with Crippen molar-refractivity contribution in [3.63, 3.8) is 0 Å². The number of benzene rings is 2. The van der Waals surface area contributed by atoms with E-state index in [1.807, 2.05) is 31.2 Å². The van der Waals surface area contributed by atoms with Crippen LogP contribution in [-0.4, -0.2) is 22.7 Å². The van der Waals surface area contributed by atoms with Crippen LogP contribution in [0.15, 0.2) is 54.7 Å². The fraction of sp³-hybridized carbons (Fsp3) is 0.111. The summed E-state index contributed by atoms with van der Waals surface area (Å²) in [6.45, 7) is 2.54. The highest BCUT2D eigenvalue weighted by Crippen LogP contribution is 2.28. The second-order valence-electron chi connectivity index (χ2n) is 4.98. The van der Waals surface area contributed by atoms with Crippen molar-refractivity contribution < 1.29 is 14.6 Å². The molecular weight excluding hydrogens is 292 g/mol. The van der Waals surface area contributed by atoms with E-state index in [9.17, 15) is 4.79 Å². The number of carboxylic acid groups (broad SMARTS) is 1. The Morgan fingerprint density at radius 2 is 1.96 bits per heavy atom.